The van der Waals surface area contributed by atoms with Crippen molar-refractivity contribution in [3.8, 4) is 0 Å². The number of likely N-dealkylation sites (N-methyl/N-ethyl adjacent to an activating group) is 1. The standard InChI is InChI=1S/C12H23N3O/c1-2-14(10-5-6-10)8-9-15-7-3-4-11(13)12(15)16/h10-11H,2-9,13H2,1H3. The fourth-order valence-corrected chi connectivity index (χ4v) is 2.48. The molecule has 0 spiro atoms. The fourth-order valence-electron chi connectivity index (χ4n) is 2.48. The number of carbonyl (C=O) groups excluding carboxylic acids is 1. The van der Waals surface area contributed by atoms with Crippen LogP contribution in [0.2, 0.25) is 0 Å². The van der Waals surface area contributed by atoms with Crippen LogP contribution < -0.4 is 5.73 Å². The molecule has 2 aliphatic rings. The zero-order valence-corrected chi connectivity index (χ0v) is 10.2. The Hall–Kier alpha value is -0.610. The van der Waals surface area contributed by atoms with Crippen LogP contribution in [0.5, 0.6) is 0 Å². The number of hydrogen-bond acceptors (Lipinski definition) is 3. The smallest absolute Gasteiger partial charge is 0.239 e. The van der Waals surface area contributed by atoms with Gasteiger partial charge in [0.05, 0.1) is 6.04 Å². The molecule has 92 valence electrons. The van der Waals surface area contributed by atoms with Crippen molar-refractivity contribution in [3.05, 3.63) is 0 Å². The summed E-state index contributed by atoms with van der Waals surface area (Å²) in [5.41, 5.74) is 5.77. The minimum Gasteiger partial charge on any atom is -0.340 e. The van der Waals surface area contributed by atoms with Crippen LogP contribution in [-0.2, 0) is 4.79 Å². The van der Waals surface area contributed by atoms with Crippen LogP contribution in [-0.4, -0.2) is 54.0 Å². The lowest BCUT2D eigenvalue weighted by Crippen LogP contribution is -2.50. The predicted molar refractivity (Wildman–Crippen MR) is 64.1 cm³/mol. The normalized spacial score (nSPS) is 26.6. The van der Waals surface area contributed by atoms with Gasteiger partial charge in [0.2, 0.25) is 5.91 Å². The highest BCUT2D eigenvalue weighted by atomic mass is 16.2. The van der Waals surface area contributed by atoms with Gasteiger partial charge in [0, 0.05) is 25.7 Å². The predicted octanol–water partition coefficient (Wildman–Crippen LogP) is 0.420. The van der Waals surface area contributed by atoms with Crippen LogP contribution in [0.3, 0.4) is 0 Å². The van der Waals surface area contributed by atoms with Gasteiger partial charge in [-0.15, -0.1) is 0 Å². The van der Waals surface area contributed by atoms with Gasteiger partial charge >= 0.3 is 0 Å². The largest absolute Gasteiger partial charge is 0.340 e. The van der Waals surface area contributed by atoms with E-state index < -0.39 is 0 Å². The lowest BCUT2D eigenvalue weighted by Gasteiger charge is -2.32. The first kappa shape index (κ1) is 11.9. The Bertz CT molecular complexity index is 253. The minimum absolute atomic E-state index is 0.151. The Morgan fingerprint density at radius 3 is 2.81 bits per heavy atom. The molecule has 1 unspecified atom stereocenters. The average molecular weight is 225 g/mol. The van der Waals surface area contributed by atoms with Gasteiger partial charge < -0.3 is 10.6 Å². The molecule has 1 saturated carbocycles. The Labute approximate surface area is 97.8 Å². The molecule has 0 aromatic rings. The van der Waals surface area contributed by atoms with Crippen LogP contribution in [0.4, 0.5) is 0 Å². The van der Waals surface area contributed by atoms with Crippen LogP contribution in [0.25, 0.3) is 0 Å². The van der Waals surface area contributed by atoms with Gasteiger partial charge in [-0.2, -0.15) is 0 Å². The lowest BCUT2D eigenvalue weighted by molar-refractivity contribution is -0.135. The van der Waals surface area contributed by atoms with E-state index in [1.165, 1.54) is 12.8 Å². The molecule has 0 aromatic carbocycles. The highest BCUT2D eigenvalue weighted by Crippen LogP contribution is 2.26. The van der Waals surface area contributed by atoms with E-state index >= 15 is 0 Å². The van der Waals surface area contributed by atoms with Gasteiger partial charge in [0.1, 0.15) is 0 Å². The zero-order chi connectivity index (χ0) is 11.5. The molecule has 1 aliphatic heterocycles. The van der Waals surface area contributed by atoms with E-state index in [4.69, 9.17) is 5.73 Å². The van der Waals surface area contributed by atoms with Crippen molar-refractivity contribution in [2.24, 2.45) is 5.73 Å². The van der Waals surface area contributed by atoms with Crippen LogP contribution in [0, 0.1) is 0 Å². The number of nitrogens with zero attached hydrogens (tertiary/aromatic N) is 2. The van der Waals surface area contributed by atoms with E-state index in [-0.39, 0.29) is 11.9 Å². The lowest BCUT2D eigenvalue weighted by atomic mass is 10.1. The van der Waals surface area contributed by atoms with Crippen LogP contribution in [0.15, 0.2) is 0 Å². The Balaban J connectivity index is 1.77. The number of rotatable bonds is 5. The number of hydrogen-bond donors (Lipinski definition) is 1. The maximum atomic E-state index is 11.8. The van der Waals surface area contributed by atoms with E-state index in [0.717, 1.165) is 45.1 Å². The number of carbonyl (C=O) groups is 1. The van der Waals surface area contributed by atoms with Crippen molar-refractivity contribution in [1.29, 1.82) is 0 Å². The van der Waals surface area contributed by atoms with Crippen LogP contribution >= 0.6 is 0 Å². The molecule has 4 heteroatoms. The molecule has 2 fully saturated rings. The second-order valence-electron chi connectivity index (χ2n) is 4.93. The van der Waals surface area contributed by atoms with Gasteiger partial charge in [-0.25, -0.2) is 0 Å². The minimum atomic E-state index is -0.246. The molecule has 16 heavy (non-hydrogen) atoms. The summed E-state index contributed by atoms with van der Waals surface area (Å²) in [6.07, 6.45) is 4.58. The maximum Gasteiger partial charge on any atom is 0.239 e. The van der Waals surface area contributed by atoms with E-state index in [0.29, 0.717) is 0 Å². The van der Waals surface area contributed by atoms with Crippen molar-refractivity contribution in [2.45, 2.75) is 44.7 Å². The first-order valence-corrected chi connectivity index (χ1v) is 6.50. The molecule has 1 atom stereocenters. The summed E-state index contributed by atoms with van der Waals surface area (Å²) in [4.78, 5) is 16.2. The summed E-state index contributed by atoms with van der Waals surface area (Å²) < 4.78 is 0. The summed E-state index contributed by atoms with van der Waals surface area (Å²) in [5, 5.41) is 0. The van der Waals surface area contributed by atoms with Crippen molar-refractivity contribution >= 4 is 5.91 Å². The van der Waals surface area contributed by atoms with Gasteiger partial charge in [-0.1, -0.05) is 6.92 Å². The summed E-state index contributed by atoms with van der Waals surface area (Å²) in [6.45, 7) is 6.06. The molecule has 0 bridgehead atoms. The first-order chi connectivity index (χ1) is 7.72. The highest BCUT2D eigenvalue weighted by Gasteiger charge is 2.29. The summed E-state index contributed by atoms with van der Waals surface area (Å²) >= 11 is 0. The maximum absolute atomic E-state index is 11.8. The number of amides is 1. The molecule has 1 aliphatic carbocycles. The molecular weight excluding hydrogens is 202 g/mol. The van der Waals surface area contributed by atoms with E-state index in [2.05, 4.69) is 11.8 Å². The molecular formula is C12H23N3O. The third-order valence-electron chi connectivity index (χ3n) is 3.70. The second kappa shape index (κ2) is 5.15. The number of piperidine rings is 1. The summed E-state index contributed by atoms with van der Waals surface area (Å²) in [5.74, 6) is 0.151. The van der Waals surface area contributed by atoms with Gasteiger partial charge in [-0.05, 0) is 32.2 Å². The average Bonchev–Trinajstić information content (AvgIpc) is 3.09. The molecule has 0 aromatic heterocycles. The molecule has 2 rings (SSSR count). The van der Waals surface area contributed by atoms with Crippen molar-refractivity contribution < 1.29 is 4.79 Å². The highest BCUT2D eigenvalue weighted by molar-refractivity contribution is 5.82. The Morgan fingerprint density at radius 1 is 1.44 bits per heavy atom. The number of nitrogens with two attached hydrogens (primary N) is 1. The third-order valence-corrected chi connectivity index (χ3v) is 3.70. The molecule has 0 radical (unpaired) electrons. The molecule has 1 amide bonds. The fraction of sp³-hybridized carbons (Fsp3) is 0.917. The Morgan fingerprint density at radius 2 is 2.19 bits per heavy atom. The number of likely N-dealkylation sites (tertiary alicyclic amines) is 1. The zero-order valence-electron chi connectivity index (χ0n) is 10.2. The first-order valence-electron chi connectivity index (χ1n) is 6.50. The quantitative estimate of drug-likeness (QED) is 0.738. The van der Waals surface area contributed by atoms with Crippen LogP contribution in [0.1, 0.15) is 32.6 Å². The topological polar surface area (TPSA) is 49.6 Å². The van der Waals surface area contributed by atoms with Gasteiger partial charge in [0.25, 0.3) is 0 Å². The monoisotopic (exact) mass is 225 g/mol. The molecule has 4 nitrogen and oxygen atoms in total. The van der Waals surface area contributed by atoms with Gasteiger partial charge in [0.15, 0.2) is 0 Å². The van der Waals surface area contributed by atoms with E-state index in [9.17, 15) is 4.79 Å². The third kappa shape index (κ3) is 2.74. The van der Waals surface area contributed by atoms with E-state index in [1.807, 2.05) is 4.90 Å². The molecule has 1 saturated heterocycles. The van der Waals surface area contributed by atoms with E-state index in [1.54, 1.807) is 0 Å². The van der Waals surface area contributed by atoms with Gasteiger partial charge in [-0.3, -0.25) is 9.69 Å². The molecule has 2 N–H and O–H groups in total. The SMILES string of the molecule is CCN(CCN1CCCC(N)C1=O)C1CC1. The summed E-state index contributed by atoms with van der Waals surface area (Å²) in [7, 11) is 0. The van der Waals surface area contributed by atoms with Crippen molar-refractivity contribution in [3.63, 3.8) is 0 Å². The van der Waals surface area contributed by atoms with Crippen molar-refractivity contribution in [1.82, 2.24) is 9.80 Å². The Kier molecular flexibility index (Phi) is 3.82. The van der Waals surface area contributed by atoms with Crippen molar-refractivity contribution in [2.75, 3.05) is 26.2 Å². The molecule has 1 heterocycles. The summed E-state index contributed by atoms with van der Waals surface area (Å²) in [6, 6.07) is 0.545. The second-order valence-corrected chi connectivity index (χ2v) is 4.93.